The normalized spacial score (nSPS) is 13.7. The minimum atomic E-state index is -0.881. The predicted octanol–water partition coefficient (Wildman–Crippen LogP) is 20.8. The molecule has 0 fully saturated rings. The molecule has 0 saturated heterocycles. The molecule has 0 aliphatic heterocycles. The van der Waals surface area contributed by atoms with Gasteiger partial charge in [0.1, 0.15) is 0 Å². The van der Waals surface area contributed by atoms with Gasteiger partial charge in [0.2, 0.25) is 5.91 Å². The van der Waals surface area contributed by atoms with Crippen molar-refractivity contribution in [2.75, 3.05) is 6.61 Å². The highest BCUT2D eigenvalue weighted by Gasteiger charge is 2.18. The number of aliphatic hydroxyl groups is 2. The van der Waals surface area contributed by atoms with Gasteiger partial charge in [-0.15, -0.1) is 0 Å². The van der Waals surface area contributed by atoms with E-state index in [9.17, 15) is 15.0 Å². The van der Waals surface area contributed by atoms with E-state index in [-0.39, 0.29) is 12.5 Å². The van der Waals surface area contributed by atoms with Gasteiger partial charge >= 0.3 is 0 Å². The molecule has 4 heteroatoms. The lowest BCUT2D eigenvalue weighted by Gasteiger charge is -2.19. The molecule has 0 aliphatic rings. The molecule has 0 bridgehead atoms. The van der Waals surface area contributed by atoms with E-state index in [0.29, 0.717) is 6.42 Å². The number of amides is 1. The molecule has 0 aliphatic carbocycles. The highest BCUT2D eigenvalue weighted by molar-refractivity contribution is 5.76. The number of aliphatic hydroxyl groups excluding tert-OH is 2. The quantitative estimate of drug-likeness (QED) is 0.0420. The number of carbonyl (C=O) groups excluding carboxylic acids is 1. The summed E-state index contributed by atoms with van der Waals surface area (Å²) in [7, 11) is 0. The van der Waals surface area contributed by atoms with Crippen LogP contribution in [0.1, 0.15) is 284 Å². The van der Waals surface area contributed by atoms with Crippen LogP contribution in [0.4, 0.5) is 0 Å². The summed E-state index contributed by atoms with van der Waals surface area (Å²) in [5, 5.41) is 23.2. The lowest BCUT2D eigenvalue weighted by atomic mass is 10.0. The first-order valence-electron chi connectivity index (χ1n) is 30.7. The lowest BCUT2D eigenvalue weighted by Crippen LogP contribution is -2.45. The molecule has 0 aromatic rings. The van der Waals surface area contributed by atoms with Crippen molar-refractivity contribution < 1.29 is 15.0 Å². The lowest BCUT2D eigenvalue weighted by molar-refractivity contribution is -0.123. The smallest absolute Gasteiger partial charge is 0.220 e. The maximum Gasteiger partial charge on any atom is 0.220 e. The number of allylic oxidation sites excluding steroid dienone is 19. The van der Waals surface area contributed by atoms with Crippen LogP contribution in [0.15, 0.2) is 122 Å². The van der Waals surface area contributed by atoms with E-state index in [1.165, 1.54) is 173 Å². The Morgan fingerprint density at radius 1 is 0.347 bits per heavy atom. The molecule has 0 aromatic heterocycles. The Morgan fingerprint density at radius 2 is 0.625 bits per heavy atom. The van der Waals surface area contributed by atoms with Crippen molar-refractivity contribution in [2.45, 2.75) is 296 Å². The summed E-state index contributed by atoms with van der Waals surface area (Å²) < 4.78 is 0. The van der Waals surface area contributed by atoms with Crippen LogP contribution >= 0.6 is 0 Å². The Kier molecular flexibility index (Phi) is 59.3. The Labute approximate surface area is 448 Å². The molecule has 0 heterocycles. The van der Waals surface area contributed by atoms with Gasteiger partial charge in [0.25, 0.3) is 0 Å². The standard InChI is InChI=1S/C68H117NO3/c1-3-5-7-9-11-13-15-17-19-21-23-25-27-29-31-32-33-34-35-36-38-40-42-44-46-48-50-52-54-56-58-60-62-64-68(72)69-66(65-70)67(71)63-61-59-57-55-53-51-49-47-45-43-41-39-37-30-28-26-24-22-20-18-16-14-12-10-8-6-4-2/h5,7,11,13,17,19,23,25,29,31,33-34,36,38,45,47,53,55,61,63,66-67,70-71H,3-4,6,8-10,12,14-16,18,20-22,24,26-28,30,32,35,37,39-44,46,48-52,54,56-60,62,64-65H2,1-2H3,(H,69,72)/b7-5-,13-11-,19-17-,25-23-,31-29-,34-33-,38-36-,47-45+,55-53+,63-61+. The molecule has 0 radical (unpaired) electrons. The van der Waals surface area contributed by atoms with Gasteiger partial charge in [0.05, 0.1) is 18.8 Å². The molecule has 2 atom stereocenters. The fourth-order valence-electron chi connectivity index (χ4n) is 8.78. The van der Waals surface area contributed by atoms with Gasteiger partial charge in [0, 0.05) is 6.42 Å². The van der Waals surface area contributed by atoms with Gasteiger partial charge in [0.15, 0.2) is 0 Å². The first-order chi connectivity index (χ1) is 35.7. The monoisotopic (exact) mass is 996 g/mol. The molecule has 412 valence electrons. The van der Waals surface area contributed by atoms with E-state index >= 15 is 0 Å². The third kappa shape index (κ3) is 57.7. The summed E-state index contributed by atoms with van der Waals surface area (Å²) in [6.07, 6.45) is 95.2. The van der Waals surface area contributed by atoms with Crippen molar-refractivity contribution in [1.82, 2.24) is 5.32 Å². The number of carbonyl (C=O) groups is 1. The van der Waals surface area contributed by atoms with Crippen molar-refractivity contribution in [3.05, 3.63) is 122 Å². The van der Waals surface area contributed by atoms with Gasteiger partial charge in [-0.1, -0.05) is 296 Å². The van der Waals surface area contributed by atoms with Gasteiger partial charge in [-0.05, 0) is 103 Å². The van der Waals surface area contributed by atoms with Crippen molar-refractivity contribution in [2.24, 2.45) is 0 Å². The second-order valence-corrected chi connectivity index (χ2v) is 20.4. The highest BCUT2D eigenvalue weighted by atomic mass is 16.3. The van der Waals surface area contributed by atoms with Crippen LogP contribution in [-0.4, -0.2) is 34.9 Å². The summed E-state index contributed by atoms with van der Waals surface area (Å²) in [6.45, 7) is 4.19. The summed E-state index contributed by atoms with van der Waals surface area (Å²) in [5.41, 5.74) is 0. The van der Waals surface area contributed by atoms with E-state index in [1.807, 2.05) is 6.08 Å². The number of hydrogen-bond donors (Lipinski definition) is 3. The van der Waals surface area contributed by atoms with Crippen molar-refractivity contribution in [3.63, 3.8) is 0 Å². The predicted molar refractivity (Wildman–Crippen MR) is 322 cm³/mol. The van der Waals surface area contributed by atoms with Crippen LogP contribution in [0.2, 0.25) is 0 Å². The van der Waals surface area contributed by atoms with E-state index in [1.54, 1.807) is 6.08 Å². The van der Waals surface area contributed by atoms with Crippen LogP contribution < -0.4 is 5.32 Å². The average molecular weight is 997 g/mol. The van der Waals surface area contributed by atoms with Crippen LogP contribution in [0.3, 0.4) is 0 Å². The first kappa shape index (κ1) is 68.8. The topological polar surface area (TPSA) is 69.6 Å². The molecule has 0 aromatic carbocycles. The van der Waals surface area contributed by atoms with Crippen LogP contribution in [0.25, 0.3) is 0 Å². The summed E-state index contributed by atoms with van der Waals surface area (Å²) in [6, 6.07) is -0.657. The fourth-order valence-corrected chi connectivity index (χ4v) is 8.78. The number of rotatable bonds is 55. The third-order valence-electron chi connectivity index (χ3n) is 13.4. The fraction of sp³-hybridized carbons (Fsp3) is 0.691. The molecule has 72 heavy (non-hydrogen) atoms. The van der Waals surface area contributed by atoms with Crippen molar-refractivity contribution in [3.8, 4) is 0 Å². The van der Waals surface area contributed by atoms with Crippen molar-refractivity contribution in [1.29, 1.82) is 0 Å². The Balaban J connectivity index is 3.61. The second kappa shape index (κ2) is 62.1. The van der Waals surface area contributed by atoms with E-state index < -0.39 is 12.1 Å². The third-order valence-corrected chi connectivity index (χ3v) is 13.4. The second-order valence-electron chi connectivity index (χ2n) is 20.4. The van der Waals surface area contributed by atoms with Gasteiger partial charge in [-0.3, -0.25) is 4.79 Å². The summed E-state index contributed by atoms with van der Waals surface area (Å²) in [4.78, 5) is 12.5. The molecule has 0 spiro atoms. The first-order valence-corrected chi connectivity index (χ1v) is 30.7. The molecular formula is C68H117NO3. The Bertz CT molecular complexity index is 1410. The van der Waals surface area contributed by atoms with Gasteiger partial charge in [-0.25, -0.2) is 0 Å². The molecular weight excluding hydrogens is 879 g/mol. The van der Waals surface area contributed by atoms with E-state index in [0.717, 1.165) is 89.9 Å². The molecule has 2 unspecified atom stereocenters. The Hall–Kier alpha value is -3.21. The number of unbranched alkanes of at least 4 members (excludes halogenated alkanes) is 30. The highest BCUT2D eigenvalue weighted by Crippen LogP contribution is 2.16. The van der Waals surface area contributed by atoms with Gasteiger partial charge in [-0.2, -0.15) is 0 Å². The Morgan fingerprint density at radius 3 is 0.972 bits per heavy atom. The largest absolute Gasteiger partial charge is 0.394 e. The van der Waals surface area contributed by atoms with Crippen molar-refractivity contribution >= 4 is 5.91 Å². The van der Waals surface area contributed by atoms with E-state index in [4.69, 9.17) is 0 Å². The van der Waals surface area contributed by atoms with Crippen LogP contribution in [-0.2, 0) is 4.79 Å². The minimum absolute atomic E-state index is 0.0842. The number of nitrogens with one attached hydrogen (secondary N) is 1. The van der Waals surface area contributed by atoms with Crippen LogP contribution in [0, 0.1) is 0 Å². The van der Waals surface area contributed by atoms with E-state index in [2.05, 4.69) is 129 Å². The summed E-state index contributed by atoms with van der Waals surface area (Å²) >= 11 is 0. The van der Waals surface area contributed by atoms with Gasteiger partial charge < -0.3 is 15.5 Å². The maximum atomic E-state index is 12.5. The average Bonchev–Trinajstić information content (AvgIpc) is 3.39. The zero-order valence-corrected chi connectivity index (χ0v) is 47.4. The van der Waals surface area contributed by atoms with Crippen LogP contribution in [0.5, 0.6) is 0 Å². The molecule has 0 saturated carbocycles. The molecule has 1 amide bonds. The molecule has 0 rings (SSSR count). The maximum absolute atomic E-state index is 12.5. The molecule has 4 nitrogen and oxygen atoms in total. The zero-order chi connectivity index (χ0) is 52.0. The SMILES string of the molecule is CC/C=C\C/C=C\C/C=C\C/C=C\C/C=C\C/C=C\C/C=C\CCCCCCCCCCCCCC(=O)NC(CO)C(O)/C=C/CC/C=C/CC/C=C/CCCCCCCCCCCCCCCCCCC. The number of hydrogen-bond acceptors (Lipinski definition) is 3. The molecule has 3 N–H and O–H groups in total. The zero-order valence-electron chi connectivity index (χ0n) is 47.4. The minimum Gasteiger partial charge on any atom is -0.394 e. The summed E-state index contributed by atoms with van der Waals surface area (Å²) in [5.74, 6) is -0.0842.